The van der Waals surface area contributed by atoms with E-state index >= 15 is 0 Å². The Kier molecular flexibility index (Phi) is 3.69. The van der Waals surface area contributed by atoms with Crippen LogP contribution < -0.4 is 5.73 Å². The zero-order valence-corrected chi connectivity index (χ0v) is 10.2. The predicted octanol–water partition coefficient (Wildman–Crippen LogP) is 2.42. The Balaban J connectivity index is 2.19. The van der Waals surface area contributed by atoms with E-state index in [-0.39, 0.29) is 12.2 Å². The first kappa shape index (κ1) is 12.7. The number of carbonyl (C=O) groups is 1. The molecule has 94 valence electrons. The molecule has 0 aliphatic rings. The molecule has 1 unspecified atom stereocenters. The fraction of sp³-hybridized carbons (Fsp3) is 0.167. The Morgan fingerprint density at radius 1 is 1.44 bits per heavy atom. The molecule has 0 aliphatic carbocycles. The highest BCUT2D eigenvalue weighted by Crippen LogP contribution is 2.25. The fourth-order valence-electron chi connectivity index (χ4n) is 1.49. The van der Waals surface area contributed by atoms with Gasteiger partial charge in [0.2, 0.25) is 0 Å². The molecule has 18 heavy (non-hydrogen) atoms. The molecule has 0 amide bonds. The minimum atomic E-state index is -0.957. The Labute approximate surface area is 107 Å². The van der Waals surface area contributed by atoms with Gasteiger partial charge in [0, 0.05) is 10.9 Å². The number of hydrogen-bond acceptors (Lipinski definition) is 4. The molecule has 2 rings (SSSR count). The average Bonchev–Trinajstić information content (AvgIpc) is 2.78. The lowest BCUT2D eigenvalue weighted by molar-refractivity contribution is -0.137. The van der Waals surface area contributed by atoms with Crippen molar-refractivity contribution in [1.82, 2.24) is 4.98 Å². The monoisotopic (exact) mass is 266 g/mol. The maximum absolute atomic E-state index is 12.8. The van der Waals surface area contributed by atoms with Gasteiger partial charge in [-0.3, -0.25) is 4.79 Å². The Bertz CT molecular complexity index is 553. The molecule has 0 saturated heterocycles. The summed E-state index contributed by atoms with van der Waals surface area (Å²) >= 11 is 1.31. The molecule has 1 heterocycles. The molecule has 1 aromatic carbocycles. The van der Waals surface area contributed by atoms with Gasteiger partial charge in [0.15, 0.2) is 0 Å². The van der Waals surface area contributed by atoms with E-state index in [1.165, 1.54) is 23.5 Å². The van der Waals surface area contributed by atoms with Crippen LogP contribution in [0.5, 0.6) is 0 Å². The second-order valence-electron chi connectivity index (χ2n) is 3.78. The molecule has 0 radical (unpaired) electrons. The van der Waals surface area contributed by atoms with Crippen molar-refractivity contribution < 1.29 is 14.3 Å². The molecular formula is C12H11FN2O2S. The molecule has 0 aliphatic heterocycles. The molecule has 0 bridgehead atoms. The predicted molar refractivity (Wildman–Crippen MR) is 66.7 cm³/mol. The summed E-state index contributed by atoms with van der Waals surface area (Å²) in [5.74, 6) is -1.27. The minimum absolute atomic E-state index is 0.156. The lowest BCUT2D eigenvalue weighted by atomic mass is 10.2. The first-order valence-electron chi connectivity index (χ1n) is 5.25. The standard InChI is InChI=1S/C12H11FN2O2S/c13-8-3-1-7(2-4-8)10-6-18-12(15-10)9(14)5-11(16)17/h1-4,6,9H,5,14H2,(H,16,17). The van der Waals surface area contributed by atoms with E-state index in [1.54, 1.807) is 17.5 Å². The number of aliphatic carboxylic acids is 1. The largest absolute Gasteiger partial charge is 0.481 e. The number of halogens is 1. The van der Waals surface area contributed by atoms with Crippen LogP contribution in [0.4, 0.5) is 4.39 Å². The Morgan fingerprint density at radius 3 is 2.72 bits per heavy atom. The van der Waals surface area contributed by atoms with Gasteiger partial charge in [0.1, 0.15) is 10.8 Å². The number of hydrogen-bond donors (Lipinski definition) is 2. The maximum Gasteiger partial charge on any atom is 0.305 e. The third-order valence-corrected chi connectivity index (χ3v) is 3.35. The Morgan fingerprint density at radius 2 is 2.11 bits per heavy atom. The summed E-state index contributed by atoms with van der Waals surface area (Å²) in [6.45, 7) is 0. The minimum Gasteiger partial charge on any atom is -0.481 e. The molecule has 3 N–H and O–H groups in total. The summed E-state index contributed by atoms with van der Waals surface area (Å²) in [7, 11) is 0. The molecular weight excluding hydrogens is 255 g/mol. The first-order valence-corrected chi connectivity index (χ1v) is 6.13. The highest BCUT2D eigenvalue weighted by atomic mass is 32.1. The molecule has 0 spiro atoms. The number of aromatic nitrogens is 1. The van der Waals surface area contributed by atoms with Gasteiger partial charge in [-0.25, -0.2) is 9.37 Å². The lowest BCUT2D eigenvalue weighted by Gasteiger charge is -2.03. The molecule has 1 aromatic heterocycles. The van der Waals surface area contributed by atoms with Crippen LogP contribution in [0.2, 0.25) is 0 Å². The maximum atomic E-state index is 12.8. The number of nitrogens with two attached hydrogens (primary N) is 1. The van der Waals surface area contributed by atoms with Crippen LogP contribution in [-0.4, -0.2) is 16.1 Å². The zero-order chi connectivity index (χ0) is 13.1. The highest BCUT2D eigenvalue weighted by Gasteiger charge is 2.15. The van der Waals surface area contributed by atoms with Crippen LogP contribution in [0.15, 0.2) is 29.6 Å². The van der Waals surface area contributed by atoms with E-state index in [9.17, 15) is 9.18 Å². The van der Waals surface area contributed by atoms with Crippen molar-refractivity contribution in [3.05, 3.63) is 40.5 Å². The summed E-state index contributed by atoms with van der Waals surface area (Å²) in [4.78, 5) is 14.8. The van der Waals surface area contributed by atoms with Gasteiger partial charge in [-0.15, -0.1) is 11.3 Å². The SMILES string of the molecule is NC(CC(=O)O)c1nc(-c2ccc(F)cc2)cs1. The third kappa shape index (κ3) is 2.91. The normalized spacial score (nSPS) is 12.3. The number of rotatable bonds is 4. The van der Waals surface area contributed by atoms with Crippen LogP contribution >= 0.6 is 11.3 Å². The third-order valence-electron chi connectivity index (χ3n) is 2.37. The number of carboxylic acid groups (broad SMARTS) is 1. The quantitative estimate of drug-likeness (QED) is 0.891. The van der Waals surface area contributed by atoms with Crippen molar-refractivity contribution in [2.75, 3.05) is 0 Å². The highest BCUT2D eigenvalue weighted by molar-refractivity contribution is 7.10. The summed E-state index contributed by atoms with van der Waals surface area (Å²) in [5.41, 5.74) is 7.17. The van der Waals surface area contributed by atoms with E-state index in [2.05, 4.69) is 4.98 Å². The van der Waals surface area contributed by atoms with E-state index in [4.69, 9.17) is 10.8 Å². The second-order valence-corrected chi connectivity index (χ2v) is 4.67. The first-order chi connectivity index (χ1) is 8.56. The van der Waals surface area contributed by atoms with E-state index in [0.29, 0.717) is 10.7 Å². The topological polar surface area (TPSA) is 76.2 Å². The van der Waals surface area contributed by atoms with Crippen LogP contribution in [0.1, 0.15) is 17.5 Å². The van der Waals surface area contributed by atoms with Gasteiger partial charge in [0.05, 0.1) is 18.2 Å². The summed E-state index contributed by atoms with van der Waals surface area (Å²) in [6, 6.07) is 5.34. The number of carboxylic acids is 1. The smallest absolute Gasteiger partial charge is 0.305 e. The van der Waals surface area contributed by atoms with Gasteiger partial charge < -0.3 is 10.8 Å². The number of benzene rings is 1. The molecule has 4 nitrogen and oxygen atoms in total. The summed E-state index contributed by atoms with van der Waals surface area (Å²) in [5, 5.41) is 11.0. The van der Waals surface area contributed by atoms with Crippen molar-refractivity contribution in [1.29, 1.82) is 0 Å². The van der Waals surface area contributed by atoms with Crippen molar-refractivity contribution in [2.24, 2.45) is 5.73 Å². The molecule has 2 aromatic rings. The van der Waals surface area contributed by atoms with Crippen molar-refractivity contribution in [2.45, 2.75) is 12.5 Å². The lowest BCUT2D eigenvalue weighted by Crippen LogP contribution is -2.14. The van der Waals surface area contributed by atoms with Crippen molar-refractivity contribution in [3.8, 4) is 11.3 Å². The zero-order valence-electron chi connectivity index (χ0n) is 9.34. The van der Waals surface area contributed by atoms with Crippen LogP contribution in [0, 0.1) is 5.82 Å². The van der Waals surface area contributed by atoms with E-state index in [1.807, 2.05) is 0 Å². The molecule has 1 atom stereocenters. The van der Waals surface area contributed by atoms with Crippen molar-refractivity contribution in [3.63, 3.8) is 0 Å². The van der Waals surface area contributed by atoms with Gasteiger partial charge in [-0.1, -0.05) is 0 Å². The molecule has 0 fully saturated rings. The van der Waals surface area contributed by atoms with Crippen molar-refractivity contribution >= 4 is 17.3 Å². The summed E-state index contributed by atoms with van der Waals surface area (Å²) < 4.78 is 12.8. The van der Waals surface area contributed by atoms with Crippen LogP contribution in [0.25, 0.3) is 11.3 Å². The van der Waals surface area contributed by atoms with Gasteiger partial charge >= 0.3 is 5.97 Å². The Hall–Kier alpha value is -1.79. The van der Waals surface area contributed by atoms with Gasteiger partial charge in [0.25, 0.3) is 0 Å². The molecule has 0 saturated carbocycles. The number of thiazole rings is 1. The molecule has 6 heteroatoms. The van der Waals surface area contributed by atoms with E-state index in [0.717, 1.165) is 5.56 Å². The average molecular weight is 266 g/mol. The fourth-order valence-corrected chi connectivity index (χ4v) is 2.32. The van der Waals surface area contributed by atoms with Gasteiger partial charge in [-0.2, -0.15) is 0 Å². The van der Waals surface area contributed by atoms with Crippen LogP contribution in [0.3, 0.4) is 0 Å². The van der Waals surface area contributed by atoms with Gasteiger partial charge in [-0.05, 0) is 24.3 Å². The number of nitrogens with zero attached hydrogens (tertiary/aromatic N) is 1. The van der Waals surface area contributed by atoms with E-state index < -0.39 is 12.0 Å². The second kappa shape index (κ2) is 5.24. The van der Waals surface area contributed by atoms with Crippen LogP contribution in [-0.2, 0) is 4.79 Å². The summed E-state index contributed by atoms with van der Waals surface area (Å²) in [6.07, 6.45) is -0.156.